The highest BCUT2D eigenvalue weighted by molar-refractivity contribution is 5.70. The van der Waals surface area contributed by atoms with Crippen LogP contribution in [-0.2, 0) is 0 Å². The highest BCUT2D eigenvalue weighted by Gasteiger charge is 2.26. The second kappa shape index (κ2) is 7.89. The Bertz CT molecular complexity index is 1020. The number of aromatic hydroxyl groups is 1. The molecule has 2 aliphatic rings. The summed E-state index contributed by atoms with van der Waals surface area (Å²) in [6.07, 6.45) is 11.1. The molecule has 2 heterocycles. The van der Waals surface area contributed by atoms with Gasteiger partial charge in [0.25, 0.3) is 0 Å². The van der Waals surface area contributed by atoms with Gasteiger partial charge in [-0.1, -0.05) is 0 Å². The monoisotopic (exact) mass is 405 g/mol. The average Bonchev–Trinajstić information content (AvgIpc) is 3.52. The van der Waals surface area contributed by atoms with E-state index < -0.39 is 0 Å². The third-order valence-electron chi connectivity index (χ3n) is 5.87. The van der Waals surface area contributed by atoms with Crippen LogP contribution >= 0.6 is 0 Å². The molecule has 0 radical (unpaired) electrons. The van der Waals surface area contributed by atoms with Crippen molar-refractivity contribution in [1.29, 1.82) is 0 Å². The van der Waals surface area contributed by atoms with Gasteiger partial charge in [-0.05, 0) is 73.9 Å². The number of halogens is 1. The zero-order valence-electron chi connectivity index (χ0n) is 16.6. The Morgan fingerprint density at radius 3 is 2.33 bits per heavy atom. The number of nitrogens with one attached hydrogen (secondary N) is 2. The van der Waals surface area contributed by atoms with Gasteiger partial charge in [0.2, 0.25) is 5.95 Å². The average molecular weight is 405 g/mol. The molecule has 6 nitrogen and oxygen atoms in total. The number of rotatable bonds is 6. The van der Waals surface area contributed by atoms with Gasteiger partial charge < -0.3 is 15.7 Å². The summed E-state index contributed by atoms with van der Waals surface area (Å²) < 4.78 is 13.5. The number of phenols is 1. The maximum Gasteiger partial charge on any atom is 0.222 e. The van der Waals surface area contributed by atoms with Crippen LogP contribution in [-0.4, -0.2) is 32.1 Å². The first-order chi connectivity index (χ1) is 14.6. The Labute approximate surface area is 174 Å². The fourth-order valence-electron chi connectivity index (χ4n) is 4.05. The molecule has 0 spiro atoms. The van der Waals surface area contributed by atoms with Crippen molar-refractivity contribution >= 4 is 11.8 Å². The minimum atomic E-state index is -0.388. The lowest BCUT2D eigenvalue weighted by molar-refractivity contribution is 0.475. The molecule has 2 aliphatic carbocycles. The van der Waals surface area contributed by atoms with E-state index in [2.05, 4.69) is 25.6 Å². The molecule has 2 saturated carbocycles. The molecule has 0 amide bonds. The Hall–Kier alpha value is -3.22. The summed E-state index contributed by atoms with van der Waals surface area (Å²) in [6, 6.07) is 8.24. The number of anilines is 2. The summed E-state index contributed by atoms with van der Waals surface area (Å²) in [4.78, 5) is 13.4. The standard InChI is InChI=1S/C23H24FN5O/c24-17-4-7-21(30)20(9-17)15-3-8-22(25-11-15)28-18-5-6-19(10-18)29-23-26-12-16(13-27-23)14-1-2-14/h3-4,7-9,11-14,18-19,30H,1-2,5-6,10H2,(H,25,28)(H,26,27,29)/t18-,19-/m0/s1. The topological polar surface area (TPSA) is 83.0 Å². The molecule has 30 heavy (non-hydrogen) atoms. The Morgan fingerprint density at radius 1 is 0.867 bits per heavy atom. The summed E-state index contributed by atoms with van der Waals surface area (Å²) in [7, 11) is 0. The van der Waals surface area contributed by atoms with Crippen LogP contribution in [0.3, 0.4) is 0 Å². The SMILES string of the molecule is Oc1ccc(F)cc1-c1ccc(N[C@H]2CC[C@H](Nc3ncc(C4CC4)cn3)C2)nc1. The first-order valence-electron chi connectivity index (χ1n) is 10.4. The van der Waals surface area contributed by atoms with E-state index in [0.717, 1.165) is 25.1 Å². The normalized spacial score (nSPS) is 20.8. The fraction of sp³-hybridized carbons (Fsp3) is 0.348. The Kier molecular flexibility index (Phi) is 4.94. The van der Waals surface area contributed by atoms with Crippen molar-refractivity contribution in [1.82, 2.24) is 15.0 Å². The van der Waals surface area contributed by atoms with Crippen LogP contribution in [0, 0.1) is 5.82 Å². The van der Waals surface area contributed by atoms with Gasteiger partial charge in [-0.3, -0.25) is 0 Å². The minimum absolute atomic E-state index is 0.0380. The van der Waals surface area contributed by atoms with E-state index in [0.29, 0.717) is 35.1 Å². The van der Waals surface area contributed by atoms with Crippen molar-refractivity contribution in [2.75, 3.05) is 10.6 Å². The number of hydrogen-bond donors (Lipinski definition) is 3. The smallest absolute Gasteiger partial charge is 0.222 e. The lowest BCUT2D eigenvalue weighted by atomic mass is 10.1. The minimum Gasteiger partial charge on any atom is -0.507 e. The summed E-state index contributed by atoms with van der Waals surface area (Å²) >= 11 is 0. The molecule has 2 aromatic heterocycles. The lowest BCUT2D eigenvalue weighted by Gasteiger charge is -2.15. The third-order valence-corrected chi connectivity index (χ3v) is 5.87. The number of benzene rings is 1. The molecule has 7 heteroatoms. The molecule has 0 unspecified atom stereocenters. The first kappa shape index (κ1) is 18.8. The second-order valence-corrected chi connectivity index (χ2v) is 8.20. The van der Waals surface area contributed by atoms with Crippen molar-refractivity contribution < 1.29 is 9.50 Å². The van der Waals surface area contributed by atoms with Gasteiger partial charge in [-0.2, -0.15) is 0 Å². The first-order valence-corrected chi connectivity index (χ1v) is 10.4. The maximum absolute atomic E-state index is 13.5. The van der Waals surface area contributed by atoms with Gasteiger partial charge in [0.1, 0.15) is 17.4 Å². The summed E-state index contributed by atoms with van der Waals surface area (Å²) in [5.74, 6) is 1.78. The summed E-state index contributed by atoms with van der Waals surface area (Å²) in [5.41, 5.74) is 2.36. The largest absolute Gasteiger partial charge is 0.507 e. The van der Waals surface area contributed by atoms with Crippen molar-refractivity contribution in [3.63, 3.8) is 0 Å². The number of aromatic nitrogens is 3. The quantitative estimate of drug-likeness (QED) is 0.551. The van der Waals surface area contributed by atoms with Crippen LogP contribution in [0.1, 0.15) is 43.6 Å². The number of nitrogens with zero attached hydrogens (tertiary/aromatic N) is 3. The molecule has 3 N–H and O–H groups in total. The highest BCUT2D eigenvalue weighted by atomic mass is 19.1. The molecule has 0 bridgehead atoms. The highest BCUT2D eigenvalue weighted by Crippen LogP contribution is 2.39. The summed E-state index contributed by atoms with van der Waals surface area (Å²) in [5, 5.41) is 16.9. The van der Waals surface area contributed by atoms with Gasteiger partial charge in [-0.15, -0.1) is 0 Å². The molecule has 2 atom stereocenters. The van der Waals surface area contributed by atoms with Gasteiger partial charge in [0.05, 0.1) is 0 Å². The number of phenolic OH excluding ortho intramolecular Hbond substituents is 1. The molecule has 154 valence electrons. The molecular weight excluding hydrogens is 381 g/mol. The van der Waals surface area contributed by atoms with Gasteiger partial charge in [-0.25, -0.2) is 19.3 Å². The zero-order valence-corrected chi connectivity index (χ0v) is 16.6. The maximum atomic E-state index is 13.5. The lowest BCUT2D eigenvalue weighted by Crippen LogP contribution is -2.22. The van der Waals surface area contributed by atoms with Crippen LogP contribution in [0.5, 0.6) is 5.75 Å². The van der Waals surface area contributed by atoms with Gasteiger partial charge in [0.15, 0.2) is 0 Å². The van der Waals surface area contributed by atoms with Crippen LogP contribution in [0.15, 0.2) is 48.9 Å². The number of pyridine rings is 1. The Balaban J connectivity index is 1.17. The van der Waals surface area contributed by atoms with Crippen molar-refractivity contribution in [2.24, 2.45) is 0 Å². The predicted molar refractivity (Wildman–Crippen MR) is 114 cm³/mol. The van der Waals surface area contributed by atoms with Crippen LogP contribution < -0.4 is 10.6 Å². The van der Waals surface area contributed by atoms with Crippen molar-refractivity contribution in [3.8, 4) is 16.9 Å². The van der Waals surface area contributed by atoms with Crippen LogP contribution in [0.25, 0.3) is 11.1 Å². The second-order valence-electron chi connectivity index (χ2n) is 8.20. The van der Waals surface area contributed by atoms with E-state index in [1.807, 2.05) is 24.5 Å². The van der Waals surface area contributed by atoms with E-state index in [9.17, 15) is 9.50 Å². The molecule has 5 rings (SSSR count). The molecule has 3 aromatic rings. The molecule has 0 saturated heterocycles. The van der Waals surface area contributed by atoms with E-state index >= 15 is 0 Å². The fourth-order valence-corrected chi connectivity index (χ4v) is 4.05. The van der Waals surface area contributed by atoms with E-state index in [-0.39, 0.29) is 11.6 Å². The van der Waals surface area contributed by atoms with E-state index in [1.54, 1.807) is 6.20 Å². The summed E-state index contributed by atoms with van der Waals surface area (Å²) in [6.45, 7) is 0. The molecular formula is C23H24FN5O. The zero-order chi connectivity index (χ0) is 20.5. The van der Waals surface area contributed by atoms with Gasteiger partial charge in [0, 0.05) is 41.8 Å². The Morgan fingerprint density at radius 2 is 1.63 bits per heavy atom. The number of hydrogen-bond acceptors (Lipinski definition) is 6. The van der Waals surface area contributed by atoms with Crippen molar-refractivity contribution in [3.05, 3.63) is 60.3 Å². The molecule has 1 aromatic carbocycles. The molecule has 2 fully saturated rings. The van der Waals surface area contributed by atoms with Crippen LogP contribution in [0.4, 0.5) is 16.2 Å². The van der Waals surface area contributed by atoms with Crippen LogP contribution in [0.2, 0.25) is 0 Å². The molecule has 0 aliphatic heterocycles. The van der Waals surface area contributed by atoms with E-state index in [1.165, 1.54) is 36.6 Å². The predicted octanol–water partition coefficient (Wildman–Crippen LogP) is 4.71. The van der Waals surface area contributed by atoms with E-state index in [4.69, 9.17) is 0 Å². The third kappa shape index (κ3) is 4.20. The van der Waals surface area contributed by atoms with Gasteiger partial charge >= 0.3 is 0 Å². The van der Waals surface area contributed by atoms with Crippen molar-refractivity contribution in [2.45, 2.75) is 50.1 Å².